The lowest BCUT2D eigenvalue weighted by atomic mass is 9.81. The van der Waals surface area contributed by atoms with Crippen LogP contribution < -0.4 is 5.32 Å². The van der Waals surface area contributed by atoms with Gasteiger partial charge in [0.05, 0.1) is 12.2 Å². The van der Waals surface area contributed by atoms with E-state index in [0.717, 1.165) is 22.5 Å². The number of benzene rings is 1. The molecule has 1 aliphatic rings. The quantitative estimate of drug-likeness (QED) is 0.394. The zero-order valence-corrected chi connectivity index (χ0v) is 19.0. The summed E-state index contributed by atoms with van der Waals surface area (Å²) in [5.41, 5.74) is 2.38. The van der Waals surface area contributed by atoms with Gasteiger partial charge in [-0.05, 0) is 70.6 Å². The Balaban J connectivity index is 2.06. The summed E-state index contributed by atoms with van der Waals surface area (Å²) in [7, 11) is 0. The van der Waals surface area contributed by atoms with Crippen LogP contribution in [0, 0.1) is 0 Å². The molecule has 28 heavy (non-hydrogen) atoms. The molecule has 0 fully saturated rings. The second-order valence-corrected chi connectivity index (χ2v) is 10.0. The predicted octanol–water partition coefficient (Wildman–Crippen LogP) is 5.56. The van der Waals surface area contributed by atoms with Gasteiger partial charge in [-0.2, -0.15) is 0 Å². The normalized spacial score (nSPS) is 17.5. The van der Waals surface area contributed by atoms with Gasteiger partial charge in [-0.1, -0.05) is 12.1 Å². The highest BCUT2D eigenvalue weighted by Gasteiger charge is 2.41. The van der Waals surface area contributed by atoms with Crippen molar-refractivity contribution in [2.75, 3.05) is 12.9 Å². The number of carbonyl (C=O) groups excluding carboxylic acids is 1. The van der Waals surface area contributed by atoms with Gasteiger partial charge in [-0.25, -0.2) is 9.79 Å². The molecule has 3 rings (SSSR count). The van der Waals surface area contributed by atoms with Crippen molar-refractivity contribution >= 4 is 40.3 Å². The van der Waals surface area contributed by atoms with Crippen LogP contribution in [0.3, 0.4) is 0 Å². The molecule has 6 heteroatoms. The van der Waals surface area contributed by atoms with Crippen molar-refractivity contribution < 1.29 is 9.53 Å². The average molecular weight is 417 g/mol. The SMILES string of the molecule is CCOC(=O)c1c(N=Cc2ccc(SC)cc2)sc2c1CC(C)(C)NC2(C)C. The van der Waals surface area contributed by atoms with Crippen LogP contribution >= 0.6 is 23.1 Å². The number of aliphatic imine (C=N–C) groups is 1. The van der Waals surface area contributed by atoms with E-state index in [1.807, 2.05) is 25.3 Å². The standard InChI is InChI=1S/C22H28N2O2S2/c1-7-26-20(25)17-16-12-21(2,3)24-22(4,5)18(16)28-19(17)23-13-14-8-10-15(27-6)11-9-14/h8-11,13,24H,7,12H2,1-6H3. The highest BCUT2D eigenvalue weighted by molar-refractivity contribution is 7.98. The van der Waals surface area contributed by atoms with E-state index in [1.165, 1.54) is 9.77 Å². The number of hydrogen-bond donors (Lipinski definition) is 1. The molecule has 2 aromatic rings. The summed E-state index contributed by atoms with van der Waals surface area (Å²) in [6.45, 7) is 10.8. The Bertz CT molecular complexity index is 896. The molecule has 0 bridgehead atoms. The summed E-state index contributed by atoms with van der Waals surface area (Å²) in [5, 5.41) is 4.42. The van der Waals surface area contributed by atoms with Crippen LogP contribution in [0.15, 0.2) is 34.2 Å². The third kappa shape index (κ3) is 4.34. The van der Waals surface area contributed by atoms with Crippen LogP contribution in [0.1, 0.15) is 61.0 Å². The molecule has 0 atom stereocenters. The topological polar surface area (TPSA) is 50.7 Å². The third-order valence-corrected chi connectivity index (χ3v) is 6.96. The molecular weight excluding hydrogens is 388 g/mol. The first-order chi connectivity index (χ1) is 13.2. The number of carbonyl (C=O) groups is 1. The lowest BCUT2D eigenvalue weighted by Gasteiger charge is -2.42. The number of ether oxygens (including phenoxy) is 1. The van der Waals surface area contributed by atoms with E-state index in [-0.39, 0.29) is 17.0 Å². The van der Waals surface area contributed by atoms with Crippen molar-refractivity contribution in [2.24, 2.45) is 4.99 Å². The second-order valence-electron chi connectivity index (χ2n) is 8.15. The van der Waals surface area contributed by atoms with E-state index in [4.69, 9.17) is 9.73 Å². The first-order valence-corrected chi connectivity index (χ1v) is 11.5. The second kappa shape index (κ2) is 8.01. The van der Waals surface area contributed by atoms with Crippen LogP contribution in [-0.4, -0.2) is 30.6 Å². The highest BCUT2D eigenvalue weighted by Crippen LogP contribution is 2.46. The smallest absolute Gasteiger partial charge is 0.341 e. The van der Waals surface area contributed by atoms with Crippen LogP contribution in [0.25, 0.3) is 0 Å². The minimum atomic E-state index is -0.279. The van der Waals surface area contributed by atoms with Crippen LogP contribution in [-0.2, 0) is 16.7 Å². The molecule has 0 spiro atoms. The molecular formula is C22H28N2O2S2. The Hall–Kier alpha value is -1.63. The molecule has 0 saturated carbocycles. The fraction of sp³-hybridized carbons (Fsp3) is 0.455. The molecule has 1 aromatic heterocycles. The van der Waals surface area contributed by atoms with Gasteiger partial charge in [0, 0.05) is 27.1 Å². The number of nitrogens with zero attached hydrogens (tertiary/aromatic N) is 1. The first-order valence-electron chi connectivity index (χ1n) is 9.47. The molecule has 0 aliphatic carbocycles. The Kier molecular flexibility index (Phi) is 6.03. The summed E-state index contributed by atoms with van der Waals surface area (Å²) in [6.07, 6.45) is 4.66. The van der Waals surface area contributed by atoms with Gasteiger partial charge in [-0.3, -0.25) is 0 Å². The predicted molar refractivity (Wildman–Crippen MR) is 120 cm³/mol. The van der Waals surface area contributed by atoms with Crippen LogP contribution in [0.2, 0.25) is 0 Å². The number of thioether (sulfide) groups is 1. The number of hydrogen-bond acceptors (Lipinski definition) is 6. The minimum absolute atomic E-state index is 0.104. The molecule has 1 aliphatic heterocycles. The number of nitrogens with one attached hydrogen (secondary N) is 1. The Morgan fingerprint density at radius 3 is 2.57 bits per heavy atom. The number of fused-ring (bicyclic) bond motifs is 1. The first kappa shape index (κ1) is 21.1. The van der Waals surface area contributed by atoms with Crippen LogP contribution in [0.4, 0.5) is 5.00 Å². The summed E-state index contributed by atoms with van der Waals surface area (Å²) < 4.78 is 5.38. The van der Waals surface area contributed by atoms with Crippen molar-refractivity contribution in [3.05, 3.63) is 45.8 Å². The zero-order chi connectivity index (χ0) is 20.5. The fourth-order valence-electron chi connectivity index (χ4n) is 3.84. The van der Waals surface area contributed by atoms with E-state index in [1.54, 1.807) is 23.1 Å². The maximum atomic E-state index is 12.8. The van der Waals surface area contributed by atoms with E-state index in [0.29, 0.717) is 12.2 Å². The van der Waals surface area contributed by atoms with Crippen molar-refractivity contribution in [3.63, 3.8) is 0 Å². The maximum Gasteiger partial charge on any atom is 0.341 e. The third-order valence-electron chi connectivity index (χ3n) is 4.75. The Morgan fingerprint density at radius 1 is 1.29 bits per heavy atom. The van der Waals surface area contributed by atoms with Gasteiger partial charge in [0.25, 0.3) is 0 Å². The monoisotopic (exact) mass is 416 g/mol. The molecule has 1 N–H and O–H groups in total. The minimum Gasteiger partial charge on any atom is -0.462 e. The van der Waals surface area contributed by atoms with E-state index < -0.39 is 0 Å². The molecule has 0 unspecified atom stereocenters. The number of thiophene rings is 1. The van der Waals surface area contributed by atoms with Gasteiger partial charge in [0.1, 0.15) is 5.00 Å². The maximum absolute atomic E-state index is 12.8. The van der Waals surface area contributed by atoms with Gasteiger partial charge >= 0.3 is 5.97 Å². The molecule has 150 valence electrons. The molecule has 0 saturated heterocycles. The van der Waals surface area contributed by atoms with E-state index in [9.17, 15) is 4.79 Å². The summed E-state index contributed by atoms with van der Waals surface area (Å²) in [6, 6.07) is 8.24. The van der Waals surface area contributed by atoms with Crippen molar-refractivity contribution in [3.8, 4) is 0 Å². The number of rotatable bonds is 5. The van der Waals surface area contributed by atoms with Gasteiger partial charge in [0.2, 0.25) is 0 Å². The average Bonchev–Trinajstić information content (AvgIpc) is 2.98. The summed E-state index contributed by atoms with van der Waals surface area (Å²) in [5.74, 6) is -0.279. The van der Waals surface area contributed by atoms with Gasteiger partial charge < -0.3 is 10.1 Å². The Labute approximate surface area is 175 Å². The summed E-state index contributed by atoms with van der Waals surface area (Å²) >= 11 is 3.30. The molecule has 0 amide bonds. The number of esters is 1. The van der Waals surface area contributed by atoms with Gasteiger partial charge in [-0.15, -0.1) is 23.1 Å². The highest BCUT2D eigenvalue weighted by atomic mass is 32.2. The van der Waals surface area contributed by atoms with E-state index >= 15 is 0 Å². The molecule has 4 nitrogen and oxygen atoms in total. The van der Waals surface area contributed by atoms with E-state index in [2.05, 4.69) is 51.4 Å². The molecule has 1 aromatic carbocycles. The van der Waals surface area contributed by atoms with Crippen LogP contribution in [0.5, 0.6) is 0 Å². The fourth-order valence-corrected chi connectivity index (χ4v) is 5.46. The van der Waals surface area contributed by atoms with Crippen molar-refractivity contribution in [2.45, 2.75) is 57.0 Å². The van der Waals surface area contributed by atoms with Crippen molar-refractivity contribution in [1.82, 2.24) is 5.32 Å². The zero-order valence-electron chi connectivity index (χ0n) is 17.4. The largest absolute Gasteiger partial charge is 0.462 e. The lowest BCUT2D eigenvalue weighted by molar-refractivity contribution is 0.0525. The Morgan fingerprint density at radius 2 is 1.96 bits per heavy atom. The van der Waals surface area contributed by atoms with Crippen molar-refractivity contribution in [1.29, 1.82) is 0 Å². The molecule has 0 radical (unpaired) electrons. The molecule has 2 heterocycles. The van der Waals surface area contributed by atoms with Gasteiger partial charge in [0.15, 0.2) is 0 Å². The summed E-state index contributed by atoms with van der Waals surface area (Å²) in [4.78, 5) is 19.9. The lowest BCUT2D eigenvalue weighted by Crippen LogP contribution is -2.55.